The van der Waals surface area contributed by atoms with E-state index in [1.807, 2.05) is 6.07 Å². The number of hydrogen-bond donors (Lipinski definition) is 1. The average molecular weight is 433 g/mol. The van der Waals surface area contributed by atoms with Crippen LogP contribution < -0.4 is 14.8 Å². The summed E-state index contributed by atoms with van der Waals surface area (Å²) in [5, 5.41) is 4.74. The molecule has 0 radical (unpaired) electrons. The third-order valence-electron chi connectivity index (χ3n) is 4.45. The van der Waals surface area contributed by atoms with E-state index < -0.39 is 23.6 Å². The number of methoxy groups -OCH3 is 2. The van der Waals surface area contributed by atoms with E-state index in [0.29, 0.717) is 22.3 Å². The molecule has 0 aliphatic rings. The van der Waals surface area contributed by atoms with Gasteiger partial charge < -0.3 is 14.8 Å². The summed E-state index contributed by atoms with van der Waals surface area (Å²) < 4.78 is 39.0. The number of carbonyl (C=O) groups excluding carboxylic acids is 1. The first-order valence-corrected chi connectivity index (χ1v) is 9.82. The molecule has 9 heteroatoms. The molecule has 0 fully saturated rings. The van der Waals surface area contributed by atoms with Crippen LogP contribution >= 0.6 is 11.3 Å². The normalized spacial score (nSPS) is 12.0. The Morgan fingerprint density at radius 1 is 1.10 bits per heavy atom. The number of rotatable bonds is 7. The maximum Gasteiger partial charge on any atom is 0.248 e. The van der Waals surface area contributed by atoms with E-state index in [2.05, 4.69) is 10.3 Å². The largest absolute Gasteiger partial charge is 0.493 e. The molecular formula is C21H21F2N3O3S. The summed E-state index contributed by atoms with van der Waals surface area (Å²) in [6, 6.07) is 7.71. The molecule has 158 valence electrons. The molecule has 0 bridgehead atoms. The molecule has 0 saturated carbocycles. The van der Waals surface area contributed by atoms with Crippen LogP contribution in [0.4, 0.5) is 13.9 Å². The number of hydrogen-bond acceptors (Lipinski definition) is 6. The van der Waals surface area contributed by atoms with Gasteiger partial charge in [-0.2, -0.15) is 0 Å². The minimum Gasteiger partial charge on any atom is -0.493 e. The molecule has 3 aromatic rings. The second-order valence-corrected chi connectivity index (χ2v) is 7.46. The average Bonchev–Trinajstić information content (AvgIpc) is 3.18. The number of amides is 1. The van der Waals surface area contributed by atoms with Gasteiger partial charge in [0.25, 0.3) is 0 Å². The number of anilines is 1. The minimum absolute atomic E-state index is 0.309. The number of nitrogens with one attached hydrogen (secondary N) is 1. The van der Waals surface area contributed by atoms with Crippen molar-refractivity contribution >= 4 is 22.4 Å². The van der Waals surface area contributed by atoms with Crippen LogP contribution in [0.5, 0.6) is 11.5 Å². The summed E-state index contributed by atoms with van der Waals surface area (Å²) in [6.45, 7) is 0. The van der Waals surface area contributed by atoms with Crippen molar-refractivity contribution in [3.63, 3.8) is 0 Å². The van der Waals surface area contributed by atoms with Crippen molar-refractivity contribution in [3.05, 3.63) is 59.0 Å². The van der Waals surface area contributed by atoms with Crippen LogP contribution in [0.2, 0.25) is 0 Å². The zero-order valence-corrected chi connectivity index (χ0v) is 17.7. The molecule has 0 spiro atoms. The van der Waals surface area contributed by atoms with E-state index in [4.69, 9.17) is 9.47 Å². The smallest absolute Gasteiger partial charge is 0.248 e. The first kappa shape index (κ1) is 21.7. The molecule has 3 rings (SSSR count). The lowest BCUT2D eigenvalue weighted by molar-refractivity contribution is -0.120. The highest BCUT2D eigenvalue weighted by Gasteiger charge is 2.29. The fourth-order valence-corrected chi connectivity index (χ4v) is 3.75. The zero-order valence-electron chi connectivity index (χ0n) is 16.9. The Morgan fingerprint density at radius 2 is 1.77 bits per heavy atom. The lowest BCUT2D eigenvalue weighted by atomic mass is 10.0. The zero-order chi connectivity index (χ0) is 21.8. The van der Waals surface area contributed by atoms with Gasteiger partial charge >= 0.3 is 0 Å². The maximum atomic E-state index is 14.2. The predicted molar refractivity (Wildman–Crippen MR) is 112 cm³/mol. The molecule has 0 aliphatic heterocycles. The van der Waals surface area contributed by atoms with Crippen molar-refractivity contribution in [2.45, 2.75) is 6.04 Å². The third-order valence-corrected chi connectivity index (χ3v) is 5.21. The number of benzene rings is 2. The van der Waals surface area contributed by atoms with E-state index in [9.17, 15) is 13.6 Å². The second kappa shape index (κ2) is 9.19. The van der Waals surface area contributed by atoms with E-state index in [-0.39, 0.29) is 5.56 Å². The molecule has 1 heterocycles. The fourth-order valence-electron chi connectivity index (χ4n) is 3.03. The summed E-state index contributed by atoms with van der Waals surface area (Å²) in [5.74, 6) is -1.01. The molecule has 0 saturated heterocycles. The topological polar surface area (TPSA) is 63.7 Å². The number of carbonyl (C=O) groups is 1. The van der Waals surface area contributed by atoms with Crippen LogP contribution in [0.1, 0.15) is 11.6 Å². The number of ether oxygens (including phenoxy) is 2. The summed E-state index contributed by atoms with van der Waals surface area (Å²) >= 11 is 1.21. The van der Waals surface area contributed by atoms with Crippen molar-refractivity contribution in [3.8, 4) is 22.8 Å². The van der Waals surface area contributed by atoms with Crippen LogP contribution in [0, 0.1) is 11.6 Å². The van der Waals surface area contributed by atoms with E-state index in [0.717, 1.165) is 17.7 Å². The van der Waals surface area contributed by atoms with Crippen LogP contribution in [0.15, 0.2) is 41.8 Å². The lowest BCUT2D eigenvalue weighted by Gasteiger charge is -2.24. The van der Waals surface area contributed by atoms with Crippen LogP contribution in [0.3, 0.4) is 0 Å². The molecule has 0 aliphatic carbocycles. The SMILES string of the molecule is COc1ccc(-c2csc(NC(=O)C(c3c(F)cccc3F)N(C)C)n2)cc1OC. The number of aromatic nitrogens is 1. The molecular weight excluding hydrogens is 412 g/mol. The molecule has 1 amide bonds. The molecule has 1 unspecified atom stereocenters. The monoisotopic (exact) mass is 433 g/mol. The Hall–Kier alpha value is -3.04. The van der Waals surface area contributed by atoms with Gasteiger partial charge in [-0.3, -0.25) is 9.69 Å². The third kappa shape index (κ3) is 4.42. The van der Waals surface area contributed by atoms with Crippen molar-refractivity contribution < 1.29 is 23.0 Å². The van der Waals surface area contributed by atoms with Crippen molar-refractivity contribution in [1.29, 1.82) is 0 Å². The number of halogens is 2. The Bertz CT molecular complexity index is 1040. The van der Waals surface area contributed by atoms with Crippen LogP contribution in [-0.2, 0) is 4.79 Å². The van der Waals surface area contributed by atoms with Crippen LogP contribution in [-0.4, -0.2) is 44.1 Å². The summed E-state index contributed by atoms with van der Waals surface area (Å²) in [6.07, 6.45) is 0. The summed E-state index contributed by atoms with van der Waals surface area (Å²) in [7, 11) is 6.24. The quantitative estimate of drug-likeness (QED) is 0.600. The van der Waals surface area contributed by atoms with Crippen molar-refractivity contribution in [2.75, 3.05) is 33.6 Å². The Kier molecular flexibility index (Phi) is 6.63. The number of nitrogens with zero attached hydrogens (tertiary/aromatic N) is 2. The van der Waals surface area contributed by atoms with Gasteiger partial charge in [-0.25, -0.2) is 13.8 Å². The predicted octanol–water partition coefficient (Wildman–Crippen LogP) is 4.35. The van der Waals surface area contributed by atoms with E-state index in [1.54, 1.807) is 38.7 Å². The summed E-state index contributed by atoms with van der Waals surface area (Å²) in [5.41, 5.74) is 1.08. The molecule has 1 N–H and O–H groups in total. The number of likely N-dealkylation sites (N-methyl/N-ethyl adjacent to an activating group) is 1. The Morgan fingerprint density at radius 3 is 2.37 bits per heavy atom. The van der Waals surface area contributed by atoms with Gasteiger partial charge in [0, 0.05) is 10.9 Å². The first-order valence-electron chi connectivity index (χ1n) is 8.94. The molecule has 1 aromatic heterocycles. The van der Waals surface area contributed by atoms with Gasteiger partial charge in [0.15, 0.2) is 16.6 Å². The van der Waals surface area contributed by atoms with Gasteiger partial charge in [0.2, 0.25) is 5.91 Å². The molecule has 1 atom stereocenters. The molecule has 2 aromatic carbocycles. The fraction of sp³-hybridized carbons (Fsp3) is 0.238. The molecule has 6 nitrogen and oxygen atoms in total. The highest BCUT2D eigenvalue weighted by molar-refractivity contribution is 7.14. The van der Waals surface area contributed by atoms with Gasteiger partial charge in [0.05, 0.1) is 25.5 Å². The highest BCUT2D eigenvalue weighted by atomic mass is 32.1. The van der Waals surface area contributed by atoms with E-state index in [1.165, 1.54) is 29.4 Å². The standard InChI is InChI=1S/C21H21F2N3O3S/c1-26(2)19(18-13(22)6-5-7-14(18)23)20(27)25-21-24-15(11-30-21)12-8-9-16(28-3)17(10-12)29-4/h5-11,19H,1-4H3,(H,24,25,27). The highest BCUT2D eigenvalue weighted by Crippen LogP contribution is 2.34. The number of thiazole rings is 1. The van der Waals surface area contributed by atoms with Gasteiger partial charge in [-0.15, -0.1) is 11.3 Å². The van der Waals surface area contributed by atoms with Crippen LogP contribution in [0.25, 0.3) is 11.3 Å². The minimum atomic E-state index is -1.15. The van der Waals surface area contributed by atoms with Crippen molar-refractivity contribution in [2.24, 2.45) is 0 Å². The second-order valence-electron chi connectivity index (χ2n) is 6.60. The van der Waals surface area contributed by atoms with Gasteiger partial charge in [-0.1, -0.05) is 6.07 Å². The first-order chi connectivity index (χ1) is 14.3. The van der Waals surface area contributed by atoms with E-state index >= 15 is 0 Å². The Labute approximate surface area is 177 Å². The summed E-state index contributed by atoms with van der Waals surface area (Å²) in [4.78, 5) is 18.7. The molecule has 30 heavy (non-hydrogen) atoms. The van der Waals surface area contributed by atoms with Gasteiger partial charge in [-0.05, 0) is 44.4 Å². The van der Waals surface area contributed by atoms with Crippen molar-refractivity contribution in [1.82, 2.24) is 9.88 Å². The lowest BCUT2D eigenvalue weighted by Crippen LogP contribution is -2.33. The Balaban J connectivity index is 1.85. The van der Waals surface area contributed by atoms with Gasteiger partial charge in [0.1, 0.15) is 17.7 Å². The maximum absolute atomic E-state index is 14.2.